The maximum Gasteiger partial charge on any atom is 0.339 e. The number of aromatic carboxylic acids is 1. The molecule has 110 valence electrons. The molecule has 21 heavy (non-hydrogen) atoms. The van der Waals surface area contributed by atoms with Gasteiger partial charge in [-0.1, -0.05) is 25.5 Å². The number of para-hydroxylation sites is 1. The molecule has 2 aromatic rings. The lowest BCUT2D eigenvalue weighted by molar-refractivity contribution is 0.0694. The Morgan fingerprint density at radius 3 is 2.71 bits per heavy atom. The summed E-state index contributed by atoms with van der Waals surface area (Å²) in [6.45, 7) is 4.45. The van der Waals surface area contributed by atoms with Gasteiger partial charge in [0.15, 0.2) is 5.82 Å². The molecule has 0 fully saturated rings. The van der Waals surface area contributed by atoms with Crippen LogP contribution in [0.4, 0.5) is 0 Å². The van der Waals surface area contributed by atoms with E-state index in [0.29, 0.717) is 30.3 Å². The summed E-state index contributed by atoms with van der Waals surface area (Å²) in [7, 11) is 0. The molecule has 0 atom stereocenters. The van der Waals surface area contributed by atoms with Crippen molar-refractivity contribution in [3.63, 3.8) is 0 Å². The summed E-state index contributed by atoms with van der Waals surface area (Å²) in [5.41, 5.74) is 1.49. The molecule has 1 aromatic heterocycles. The van der Waals surface area contributed by atoms with Gasteiger partial charge in [-0.15, -0.1) is 0 Å². The third kappa shape index (κ3) is 3.37. The molecule has 0 saturated carbocycles. The van der Waals surface area contributed by atoms with E-state index in [9.17, 15) is 9.90 Å². The molecule has 0 aliphatic carbocycles. The molecular weight excluding hydrogens is 268 g/mol. The van der Waals surface area contributed by atoms with E-state index in [-0.39, 0.29) is 5.56 Å². The number of benzene rings is 1. The molecule has 1 aromatic carbocycles. The van der Waals surface area contributed by atoms with Crippen LogP contribution in [0.3, 0.4) is 0 Å². The van der Waals surface area contributed by atoms with Crippen LogP contribution in [0.5, 0.6) is 5.75 Å². The zero-order chi connectivity index (χ0) is 15.2. The van der Waals surface area contributed by atoms with Crippen LogP contribution in [-0.2, 0) is 6.42 Å². The molecule has 1 N–H and O–H groups in total. The maximum absolute atomic E-state index is 11.2. The number of ether oxygens (including phenoxy) is 1. The van der Waals surface area contributed by atoms with Crippen molar-refractivity contribution in [2.45, 2.75) is 26.7 Å². The zero-order valence-electron chi connectivity index (χ0n) is 12.2. The first kappa shape index (κ1) is 15.0. The third-order valence-corrected chi connectivity index (χ3v) is 3.01. The summed E-state index contributed by atoms with van der Waals surface area (Å²) in [6, 6.07) is 7.49. The van der Waals surface area contributed by atoms with E-state index in [1.807, 2.05) is 38.1 Å². The van der Waals surface area contributed by atoms with Crippen LogP contribution in [0, 0.1) is 0 Å². The van der Waals surface area contributed by atoms with E-state index in [4.69, 9.17) is 4.74 Å². The van der Waals surface area contributed by atoms with Crippen LogP contribution in [0.1, 0.15) is 36.3 Å². The Morgan fingerprint density at radius 1 is 1.29 bits per heavy atom. The number of carboxylic acid groups (broad SMARTS) is 1. The van der Waals surface area contributed by atoms with Gasteiger partial charge in [-0.3, -0.25) is 0 Å². The van der Waals surface area contributed by atoms with Gasteiger partial charge in [-0.05, 0) is 25.5 Å². The van der Waals surface area contributed by atoms with Crippen LogP contribution in [0.2, 0.25) is 0 Å². The molecule has 5 heteroatoms. The number of aromatic nitrogens is 2. The summed E-state index contributed by atoms with van der Waals surface area (Å²) < 4.78 is 5.57. The lowest BCUT2D eigenvalue weighted by Gasteiger charge is -2.10. The normalized spacial score (nSPS) is 10.4. The minimum absolute atomic E-state index is 0.162. The summed E-state index contributed by atoms with van der Waals surface area (Å²) in [5.74, 6) is 0.195. The fraction of sp³-hybridized carbons (Fsp3) is 0.312. The Morgan fingerprint density at radius 2 is 2.05 bits per heavy atom. The minimum Gasteiger partial charge on any atom is -0.493 e. The molecule has 0 amide bonds. The second kappa shape index (κ2) is 6.83. The number of hydrogen-bond donors (Lipinski definition) is 1. The van der Waals surface area contributed by atoms with Gasteiger partial charge in [-0.2, -0.15) is 0 Å². The first-order chi connectivity index (χ1) is 10.2. The lowest BCUT2D eigenvalue weighted by Crippen LogP contribution is -2.08. The number of aryl methyl sites for hydroxylation is 1. The molecule has 2 rings (SSSR count). The topological polar surface area (TPSA) is 72.3 Å². The first-order valence-corrected chi connectivity index (χ1v) is 6.98. The van der Waals surface area contributed by atoms with E-state index in [0.717, 1.165) is 12.0 Å². The standard InChI is InChI=1S/C16H18N2O3/c1-3-7-13-12(16(19)20)10-17-15(18-13)11-8-5-6-9-14(11)21-4-2/h5-6,8-10H,3-4,7H2,1-2H3,(H,19,20). The van der Waals surface area contributed by atoms with Crippen LogP contribution in [0.25, 0.3) is 11.4 Å². The van der Waals surface area contributed by atoms with Crippen LogP contribution < -0.4 is 4.74 Å². The predicted octanol–water partition coefficient (Wildman–Crippen LogP) is 3.19. The van der Waals surface area contributed by atoms with Crippen molar-refractivity contribution in [1.82, 2.24) is 9.97 Å². The van der Waals surface area contributed by atoms with Crippen molar-refractivity contribution in [3.8, 4) is 17.1 Å². The third-order valence-electron chi connectivity index (χ3n) is 3.01. The van der Waals surface area contributed by atoms with Crippen molar-refractivity contribution < 1.29 is 14.6 Å². The molecule has 0 spiro atoms. The quantitative estimate of drug-likeness (QED) is 0.882. The summed E-state index contributed by atoms with van der Waals surface area (Å²) in [6.07, 6.45) is 2.80. The number of rotatable bonds is 6. The predicted molar refractivity (Wildman–Crippen MR) is 79.6 cm³/mol. The number of carboxylic acids is 1. The summed E-state index contributed by atoms with van der Waals surface area (Å²) in [5, 5.41) is 9.19. The monoisotopic (exact) mass is 286 g/mol. The Kier molecular flexibility index (Phi) is 4.87. The van der Waals surface area contributed by atoms with Gasteiger partial charge >= 0.3 is 5.97 Å². The Bertz CT molecular complexity index is 641. The Balaban J connectivity index is 2.50. The fourth-order valence-electron chi connectivity index (χ4n) is 2.09. The van der Waals surface area contributed by atoms with Crippen molar-refractivity contribution in [2.24, 2.45) is 0 Å². The van der Waals surface area contributed by atoms with E-state index in [2.05, 4.69) is 9.97 Å². The SMILES string of the molecule is CCCc1nc(-c2ccccc2OCC)ncc1C(=O)O. The van der Waals surface area contributed by atoms with Gasteiger partial charge in [0.2, 0.25) is 0 Å². The summed E-state index contributed by atoms with van der Waals surface area (Å²) >= 11 is 0. The molecule has 0 aliphatic rings. The van der Waals surface area contributed by atoms with Crippen LogP contribution in [0.15, 0.2) is 30.5 Å². The van der Waals surface area contributed by atoms with Crippen molar-refractivity contribution in [1.29, 1.82) is 0 Å². The second-order valence-corrected chi connectivity index (χ2v) is 4.54. The molecule has 0 aliphatic heterocycles. The smallest absolute Gasteiger partial charge is 0.339 e. The number of nitrogens with zero attached hydrogens (tertiary/aromatic N) is 2. The highest BCUT2D eigenvalue weighted by molar-refractivity contribution is 5.88. The van der Waals surface area contributed by atoms with Gasteiger partial charge < -0.3 is 9.84 Å². The second-order valence-electron chi connectivity index (χ2n) is 4.54. The first-order valence-electron chi connectivity index (χ1n) is 6.98. The maximum atomic E-state index is 11.2. The highest BCUT2D eigenvalue weighted by Crippen LogP contribution is 2.27. The largest absolute Gasteiger partial charge is 0.493 e. The van der Waals surface area contributed by atoms with Crippen LogP contribution >= 0.6 is 0 Å². The molecule has 1 heterocycles. The highest BCUT2D eigenvalue weighted by Gasteiger charge is 2.15. The summed E-state index contributed by atoms with van der Waals surface area (Å²) in [4.78, 5) is 19.8. The molecule has 0 saturated heterocycles. The molecule has 0 bridgehead atoms. The molecule has 0 unspecified atom stereocenters. The molecule has 0 radical (unpaired) electrons. The minimum atomic E-state index is -0.997. The van der Waals surface area contributed by atoms with E-state index >= 15 is 0 Å². The lowest BCUT2D eigenvalue weighted by atomic mass is 10.1. The van der Waals surface area contributed by atoms with Gasteiger partial charge in [0.1, 0.15) is 5.75 Å². The van der Waals surface area contributed by atoms with Crippen molar-refractivity contribution >= 4 is 5.97 Å². The highest BCUT2D eigenvalue weighted by atomic mass is 16.5. The van der Waals surface area contributed by atoms with Crippen molar-refractivity contribution in [3.05, 3.63) is 41.7 Å². The van der Waals surface area contributed by atoms with E-state index < -0.39 is 5.97 Å². The Labute approximate surface area is 123 Å². The van der Waals surface area contributed by atoms with Gasteiger partial charge in [0, 0.05) is 6.20 Å². The van der Waals surface area contributed by atoms with E-state index in [1.165, 1.54) is 6.20 Å². The molecular formula is C16H18N2O3. The molecule has 5 nitrogen and oxygen atoms in total. The van der Waals surface area contributed by atoms with E-state index in [1.54, 1.807) is 0 Å². The van der Waals surface area contributed by atoms with Crippen LogP contribution in [-0.4, -0.2) is 27.7 Å². The van der Waals surface area contributed by atoms with Gasteiger partial charge in [0.05, 0.1) is 23.4 Å². The fourth-order valence-corrected chi connectivity index (χ4v) is 2.09. The Hall–Kier alpha value is -2.43. The average molecular weight is 286 g/mol. The average Bonchev–Trinajstić information content (AvgIpc) is 2.48. The van der Waals surface area contributed by atoms with Gasteiger partial charge in [-0.25, -0.2) is 14.8 Å². The van der Waals surface area contributed by atoms with Crippen molar-refractivity contribution in [2.75, 3.05) is 6.61 Å². The van der Waals surface area contributed by atoms with Gasteiger partial charge in [0.25, 0.3) is 0 Å². The number of carbonyl (C=O) groups is 1. The number of hydrogen-bond acceptors (Lipinski definition) is 4. The zero-order valence-corrected chi connectivity index (χ0v) is 12.2.